The standard InChI is InChI=1S/C12H22O4/c1-5-10(12(14)16-7-3)8-9(4)11(13)15-6-2/h9-10H,5-8H2,1-4H3. The molecule has 4 heteroatoms. The molecule has 0 radical (unpaired) electrons. The second-order valence-electron chi connectivity index (χ2n) is 3.75. The van der Waals surface area contributed by atoms with Gasteiger partial charge in [-0.25, -0.2) is 0 Å². The Labute approximate surface area is 97.3 Å². The molecular weight excluding hydrogens is 208 g/mol. The van der Waals surface area contributed by atoms with E-state index in [-0.39, 0.29) is 23.8 Å². The van der Waals surface area contributed by atoms with Gasteiger partial charge in [-0.15, -0.1) is 0 Å². The van der Waals surface area contributed by atoms with Crippen molar-refractivity contribution in [3.8, 4) is 0 Å². The SMILES string of the molecule is CCOC(=O)C(C)CC(CC)C(=O)OCC. The molecule has 0 saturated carbocycles. The van der Waals surface area contributed by atoms with E-state index in [2.05, 4.69) is 0 Å². The van der Waals surface area contributed by atoms with Crippen LogP contribution in [0, 0.1) is 11.8 Å². The van der Waals surface area contributed by atoms with E-state index in [0.29, 0.717) is 26.1 Å². The van der Waals surface area contributed by atoms with Crippen LogP contribution in [0.3, 0.4) is 0 Å². The van der Waals surface area contributed by atoms with Crippen molar-refractivity contribution in [2.75, 3.05) is 13.2 Å². The topological polar surface area (TPSA) is 52.6 Å². The lowest BCUT2D eigenvalue weighted by atomic mass is 9.94. The Morgan fingerprint density at radius 1 is 1.00 bits per heavy atom. The molecule has 0 aromatic carbocycles. The van der Waals surface area contributed by atoms with Gasteiger partial charge in [0.25, 0.3) is 0 Å². The predicted octanol–water partition coefficient (Wildman–Crippen LogP) is 2.17. The van der Waals surface area contributed by atoms with Crippen LogP contribution in [0.2, 0.25) is 0 Å². The maximum Gasteiger partial charge on any atom is 0.308 e. The van der Waals surface area contributed by atoms with Gasteiger partial charge in [-0.2, -0.15) is 0 Å². The molecule has 2 unspecified atom stereocenters. The fourth-order valence-corrected chi connectivity index (χ4v) is 1.50. The molecular formula is C12H22O4. The summed E-state index contributed by atoms with van der Waals surface area (Å²) in [5.74, 6) is -0.931. The highest BCUT2D eigenvalue weighted by molar-refractivity contribution is 5.75. The van der Waals surface area contributed by atoms with Crippen molar-refractivity contribution in [3.63, 3.8) is 0 Å². The van der Waals surface area contributed by atoms with Crippen molar-refractivity contribution >= 4 is 11.9 Å². The molecule has 0 aromatic heterocycles. The summed E-state index contributed by atoms with van der Waals surface area (Å²) in [4.78, 5) is 22.9. The van der Waals surface area contributed by atoms with Gasteiger partial charge in [-0.3, -0.25) is 9.59 Å². The highest BCUT2D eigenvalue weighted by Crippen LogP contribution is 2.18. The molecule has 0 aromatic rings. The number of hydrogen-bond donors (Lipinski definition) is 0. The van der Waals surface area contributed by atoms with Crippen molar-refractivity contribution in [1.82, 2.24) is 0 Å². The maximum absolute atomic E-state index is 11.5. The minimum Gasteiger partial charge on any atom is -0.466 e. The molecule has 0 fully saturated rings. The Morgan fingerprint density at radius 3 is 1.94 bits per heavy atom. The molecule has 0 heterocycles. The summed E-state index contributed by atoms with van der Waals surface area (Å²) in [5, 5.41) is 0. The molecule has 0 saturated heterocycles. The molecule has 16 heavy (non-hydrogen) atoms. The minimum absolute atomic E-state index is 0.209. The third-order valence-electron chi connectivity index (χ3n) is 2.44. The Hall–Kier alpha value is -1.06. The number of ether oxygens (including phenoxy) is 2. The fraction of sp³-hybridized carbons (Fsp3) is 0.833. The van der Waals surface area contributed by atoms with E-state index in [4.69, 9.17) is 9.47 Å². The van der Waals surface area contributed by atoms with Crippen LogP contribution < -0.4 is 0 Å². The number of rotatable bonds is 7. The molecule has 0 aliphatic heterocycles. The smallest absolute Gasteiger partial charge is 0.308 e. The van der Waals surface area contributed by atoms with Gasteiger partial charge in [0.15, 0.2) is 0 Å². The van der Waals surface area contributed by atoms with Crippen molar-refractivity contribution in [2.24, 2.45) is 11.8 Å². The van der Waals surface area contributed by atoms with Crippen LogP contribution in [-0.2, 0) is 19.1 Å². The minimum atomic E-state index is -0.255. The lowest BCUT2D eigenvalue weighted by molar-refractivity contribution is -0.151. The largest absolute Gasteiger partial charge is 0.466 e. The quantitative estimate of drug-likeness (QED) is 0.629. The van der Waals surface area contributed by atoms with Gasteiger partial charge in [0.05, 0.1) is 25.0 Å². The van der Waals surface area contributed by atoms with Crippen molar-refractivity contribution in [1.29, 1.82) is 0 Å². The van der Waals surface area contributed by atoms with Crippen molar-refractivity contribution in [3.05, 3.63) is 0 Å². The summed E-state index contributed by atoms with van der Waals surface area (Å²) >= 11 is 0. The van der Waals surface area contributed by atoms with E-state index in [1.165, 1.54) is 0 Å². The molecule has 0 bridgehead atoms. The summed E-state index contributed by atoms with van der Waals surface area (Å²) in [6.07, 6.45) is 1.18. The van der Waals surface area contributed by atoms with Crippen molar-refractivity contribution in [2.45, 2.75) is 40.5 Å². The van der Waals surface area contributed by atoms with Crippen LogP contribution in [0.25, 0.3) is 0 Å². The number of carbonyl (C=O) groups is 2. The second kappa shape index (κ2) is 8.13. The number of carbonyl (C=O) groups excluding carboxylic acids is 2. The normalized spacial score (nSPS) is 14.0. The Bertz CT molecular complexity index is 225. The van der Waals surface area contributed by atoms with E-state index in [9.17, 15) is 9.59 Å². The number of hydrogen-bond acceptors (Lipinski definition) is 4. The highest BCUT2D eigenvalue weighted by atomic mass is 16.5. The maximum atomic E-state index is 11.5. The van der Waals surface area contributed by atoms with Gasteiger partial charge < -0.3 is 9.47 Å². The molecule has 0 N–H and O–H groups in total. The van der Waals surface area contributed by atoms with E-state index < -0.39 is 0 Å². The molecule has 0 spiro atoms. The highest BCUT2D eigenvalue weighted by Gasteiger charge is 2.24. The summed E-state index contributed by atoms with van der Waals surface area (Å²) in [6.45, 7) is 7.99. The van der Waals surface area contributed by atoms with Gasteiger partial charge in [0.2, 0.25) is 0 Å². The van der Waals surface area contributed by atoms with Crippen LogP contribution in [0.5, 0.6) is 0 Å². The monoisotopic (exact) mass is 230 g/mol. The fourth-order valence-electron chi connectivity index (χ4n) is 1.50. The summed E-state index contributed by atoms with van der Waals surface area (Å²) in [5.41, 5.74) is 0. The van der Waals surface area contributed by atoms with E-state index in [1.54, 1.807) is 20.8 Å². The summed E-state index contributed by atoms with van der Waals surface area (Å²) in [7, 11) is 0. The first-order chi connectivity index (χ1) is 7.56. The zero-order valence-electron chi connectivity index (χ0n) is 10.6. The van der Waals surface area contributed by atoms with Gasteiger partial charge in [-0.05, 0) is 26.7 Å². The van der Waals surface area contributed by atoms with Gasteiger partial charge >= 0.3 is 11.9 Å². The van der Waals surface area contributed by atoms with Crippen LogP contribution in [0.1, 0.15) is 40.5 Å². The average Bonchev–Trinajstić information content (AvgIpc) is 2.26. The third kappa shape index (κ3) is 5.14. The van der Waals surface area contributed by atoms with Crippen LogP contribution >= 0.6 is 0 Å². The van der Waals surface area contributed by atoms with E-state index >= 15 is 0 Å². The first-order valence-corrected chi connectivity index (χ1v) is 5.89. The molecule has 0 amide bonds. The van der Waals surface area contributed by atoms with Gasteiger partial charge in [-0.1, -0.05) is 13.8 Å². The molecule has 0 aliphatic carbocycles. The predicted molar refractivity (Wildman–Crippen MR) is 60.8 cm³/mol. The van der Waals surface area contributed by atoms with Gasteiger partial charge in [0.1, 0.15) is 0 Å². The van der Waals surface area contributed by atoms with Crippen LogP contribution in [-0.4, -0.2) is 25.2 Å². The molecule has 0 aliphatic rings. The molecule has 2 atom stereocenters. The lowest BCUT2D eigenvalue weighted by Gasteiger charge is -2.17. The van der Waals surface area contributed by atoms with Crippen LogP contribution in [0.4, 0.5) is 0 Å². The average molecular weight is 230 g/mol. The van der Waals surface area contributed by atoms with E-state index in [1.807, 2.05) is 6.92 Å². The Kier molecular flexibility index (Phi) is 7.60. The van der Waals surface area contributed by atoms with Crippen LogP contribution in [0.15, 0.2) is 0 Å². The second-order valence-corrected chi connectivity index (χ2v) is 3.75. The Morgan fingerprint density at radius 2 is 1.50 bits per heavy atom. The van der Waals surface area contributed by atoms with Gasteiger partial charge in [0, 0.05) is 0 Å². The molecule has 94 valence electrons. The summed E-state index contributed by atoms with van der Waals surface area (Å²) in [6, 6.07) is 0. The third-order valence-corrected chi connectivity index (χ3v) is 2.44. The summed E-state index contributed by atoms with van der Waals surface area (Å²) < 4.78 is 9.84. The number of esters is 2. The zero-order chi connectivity index (χ0) is 12.6. The van der Waals surface area contributed by atoms with Crippen molar-refractivity contribution < 1.29 is 19.1 Å². The molecule has 0 rings (SSSR count). The zero-order valence-corrected chi connectivity index (χ0v) is 10.6. The first-order valence-electron chi connectivity index (χ1n) is 5.89. The lowest BCUT2D eigenvalue weighted by Crippen LogP contribution is -2.24. The van der Waals surface area contributed by atoms with E-state index in [0.717, 1.165) is 0 Å². The molecule has 4 nitrogen and oxygen atoms in total. The Balaban J connectivity index is 4.20. The first kappa shape index (κ1) is 14.9.